The number of thiophene rings is 1. The number of carbonyl (C=O) groups excluding carboxylic acids is 2. The van der Waals surface area contributed by atoms with Crippen molar-refractivity contribution in [2.75, 3.05) is 14.1 Å². The van der Waals surface area contributed by atoms with Gasteiger partial charge in [-0.05, 0) is 34.7 Å². The quantitative estimate of drug-likeness (QED) is 0.751. The summed E-state index contributed by atoms with van der Waals surface area (Å²) < 4.78 is 1.96. The van der Waals surface area contributed by atoms with Gasteiger partial charge in [0.15, 0.2) is 5.69 Å². The molecule has 2 aromatic rings. The highest BCUT2D eigenvalue weighted by atomic mass is 32.1. The maximum absolute atomic E-state index is 12.6. The van der Waals surface area contributed by atoms with E-state index < -0.39 is 6.04 Å². The van der Waals surface area contributed by atoms with Crippen molar-refractivity contribution >= 4 is 45.6 Å². The van der Waals surface area contributed by atoms with Crippen LogP contribution in [0.1, 0.15) is 10.9 Å². The van der Waals surface area contributed by atoms with Gasteiger partial charge in [-0.2, -0.15) is 4.57 Å². The lowest BCUT2D eigenvalue weighted by Gasteiger charge is -2.29. The summed E-state index contributed by atoms with van der Waals surface area (Å²) in [6.45, 7) is 2.03. The SMILES string of the molecule is Cc1sc2[n+](c1-c1cccs1)C1C(=O)N(C)C(=O)N(C)C1=N2. The molecule has 0 N–H and O–H groups in total. The number of likely N-dealkylation sites (N-methyl/N-ethyl adjacent to an activating group) is 2. The molecule has 0 aromatic carbocycles. The van der Waals surface area contributed by atoms with Crippen LogP contribution in [0.25, 0.3) is 10.6 Å². The summed E-state index contributed by atoms with van der Waals surface area (Å²) in [5.74, 6) is 0.276. The molecule has 1 saturated heterocycles. The lowest BCUT2D eigenvalue weighted by Crippen LogP contribution is -2.62. The molecule has 4 heterocycles. The number of urea groups is 1. The zero-order chi connectivity index (χ0) is 15.6. The number of aromatic nitrogens is 1. The minimum absolute atomic E-state index is 0.235. The van der Waals surface area contributed by atoms with Crippen LogP contribution in [-0.4, -0.2) is 41.7 Å². The van der Waals surface area contributed by atoms with E-state index in [1.54, 1.807) is 29.7 Å². The van der Waals surface area contributed by atoms with Crippen molar-refractivity contribution in [3.63, 3.8) is 0 Å². The fourth-order valence-electron chi connectivity index (χ4n) is 2.88. The molecule has 22 heavy (non-hydrogen) atoms. The van der Waals surface area contributed by atoms with Crippen LogP contribution >= 0.6 is 22.7 Å². The molecule has 1 atom stereocenters. The number of carbonyl (C=O) groups is 2. The van der Waals surface area contributed by atoms with Gasteiger partial charge in [-0.15, -0.1) is 11.3 Å². The number of thiazole rings is 1. The Kier molecular flexibility index (Phi) is 2.76. The number of amides is 3. The van der Waals surface area contributed by atoms with Crippen LogP contribution in [-0.2, 0) is 4.79 Å². The Hall–Kier alpha value is -2.06. The molecule has 0 bridgehead atoms. The van der Waals surface area contributed by atoms with Gasteiger partial charge in [-0.25, -0.2) is 4.79 Å². The van der Waals surface area contributed by atoms with Crippen molar-refractivity contribution in [3.05, 3.63) is 22.4 Å². The average Bonchev–Trinajstić information content (AvgIpc) is 3.17. The number of imide groups is 1. The fourth-order valence-corrected chi connectivity index (χ4v) is 4.78. The van der Waals surface area contributed by atoms with Crippen LogP contribution in [0.4, 0.5) is 9.93 Å². The molecule has 2 aliphatic heterocycles. The van der Waals surface area contributed by atoms with Crippen LogP contribution in [0.15, 0.2) is 22.5 Å². The summed E-state index contributed by atoms with van der Waals surface area (Å²) in [6, 6.07) is 3.14. The monoisotopic (exact) mass is 333 g/mol. The van der Waals surface area contributed by atoms with E-state index in [4.69, 9.17) is 0 Å². The summed E-state index contributed by atoms with van der Waals surface area (Å²) in [5.41, 5.74) is 1.02. The number of hydrogen-bond acceptors (Lipinski definition) is 5. The molecule has 6 nitrogen and oxygen atoms in total. The first-order valence-corrected chi connectivity index (χ1v) is 8.43. The van der Waals surface area contributed by atoms with Crippen molar-refractivity contribution in [3.8, 4) is 10.6 Å². The van der Waals surface area contributed by atoms with Gasteiger partial charge in [0.2, 0.25) is 0 Å². The second-order valence-electron chi connectivity index (χ2n) is 5.25. The average molecular weight is 333 g/mol. The third-order valence-electron chi connectivity index (χ3n) is 3.97. The van der Waals surface area contributed by atoms with E-state index in [-0.39, 0.29) is 11.9 Å². The minimum atomic E-state index is -0.551. The highest BCUT2D eigenvalue weighted by Crippen LogP contribution is 2.39. The summed E-state index contributed by atoms with van der Waals surface area (Å²) >= 11 is 3.18. The Bertz CT molecular complexity index is 837. The highest BCUT2D eigenvalue weighted by molar-refractivity contribution is 7.16. The number of rotatable bonds is 1. The molecule has 0 radical (unpaired) electrons. The van der Waals surface area contributed by atoms with Gasteiger partial charge in [0.1, 0.15) is 0 Å². The van der Waals surface area contributed by atoms with Crippen LogP contribution in [0.2, 0.25) is 0 Å². The van der Waals surface area contributed by atoms with Crippen LogP contribution < -0.4 is 4.57 Å². The molecule has 0 saturated carbocycles. The Morgan fingerprint density at radius 2 is 2.05 bits per heavy atom. The van der Waals surface area contributed by atoms with Gasteiger partial charge in [0.25, 0.3) is 17.8 Å². The number of amidine groups is 1. The van der Waals surface area contributed by atoms with Crippen molar-refractivity contribution in [1.29, 1.82) is 0 Å². The van der Waals surface area contributed by atoms with Crippen molar-refractivity contribution in [2.24, 2.45) is 4.99 Å². The largest absolute Gasteiger partial charge is 0.386 e. The Labute approximate surface area is 134 Å². The smallest absolute Gasteiger partial charge is 0.269 e. The molecule has 2 aliphatic rings. The molecule has 2 aromatic heterocycles. The summed E-state index contributed by atoms with van der Waals surface area (Å²) in [5, 5.41) is 2.78. The maximum atomic E-state index is 12.6. The number of nitrogens with zero attached hydrogens (tertiary/aromatic N) is 4. The topological polar surface area (TPSA) is 56.9 Å². The Morgan fingerprint density at radius 1 is 1.27 bits per heavy atom. The third kappa shape index (κ3) is 1.59. The lowest BCUT2D eigenvalue weighted by molar-refractivity contribution is -0.663. The van der Waals surface area contributed by atoms with E-state index >= 15 is 0 Å². The van der Waals surface area contributed by atoms with Crippen LogP contribution in [0, 0.1) is 6.92 Å². The van der Waals surface area contributed by atoms with Gasteiger partial charge >= 0.3 is 11.2 Å². The lowest BCUT2D eigenvalue weighted by atomic mass is 10.1. The predicted molar refractivity (Wildman–Crippen MR) is 84.6 cm³/mol. The predicted octanol–water partition coefficient (Wildman–Crippen LogP) is 2.18. The number of aliphatic imine (C=N–C) groups is 1. The molecular weight excluding hydrogens is 320 g/mol. The minimum Gasteiger partial charge on any atom is -0.269 e. The molecule has 4 rings (SSSR count). The summed E-state index contributed by atoms with van der Waals surface area (Å²) in [7, 11) is 3.17. The summed E-state index contributed by atoms with van der Waals surface area (Å²) in [6.07, 6.45) is 0. The van der Waals surface area contributed by atoms with Crippen molar-refractivity contribution in [1.82, 2.24) is 9.80 Å². The maximum Gasteiger partial charge on any atom is 0.386 e. The number of aryl methyl sites for hydroxylation is 1. The van der Waals surface area contributed by atoms with E-state index in [9.17, 15) is 9.59 Å². The standard InChI is InChI=1S/C14H13N4O2S2/c1-7-9(8-5-4-6-21-8)18-10-11(15-13(18)22-7)16(2)14(20)17(3)12(10)19/h4-6,10H,1-3H3/q+1. The Balaban J connectivity index is 1.93. The molecule has 0 spiro atoms. The first-order chi connectivity index (χ1) is 10.5. The van der Waals surface area contributed by atoms with Crippen LogP contribution in [0.5, 0.6) is 0 Å². The molecule has 0 aliphatic carbocycles. The molecule has 1 unspecified atom stereocenters. The van der Waals surface area contributed by atoms with Crippen molar-refractivity contribution < 1.29 is 14.2 Å². The van der Waals surface area contributed by atoms with Gasteiger partial charge in [0.05, 0.1) is 9.75 Å². The van der Waals surface area contributed by atoms with Gasteiger partial charge in [0, 0.05) is 14.1 Å². The van der Waals surface area contributed by atoms with E-state index in [2.05, 4.69) is 4.99 Å². The molecule has 112 valence electrons. The first kappa shape index (κ1) is 13.6. The number of fused-ring (bicyclic) bond motifs is 3. The van der Waals surface area contributed by atoms with E-state index in [1.165, 1.54) is 11.9 Å². The highest BCUT2D eigenvalue weighted by Gasteiger charge is 2.54. The molecular formula is C14H13N4O2S2+. The van der Waals surface area contributed by atoms with Crippen molar-refractivity contribution in [2.45, 2.75) is 13.0 Å². The zero-order valence-corrected chi connectivity index (χ0v) is 13.9. The first-order valence-electron chi connectivity index (χ1n) is 6.73. The molecule has 1 fully saturated rings. The van der Waals surface area contributed by atoms with Gasteiger partial charge < -0.3 is 0 Å². The molecule has 3 amide bonds. The van der Waals surface area contributed by atoms with E-state index in [0.29, 0.717) is 5.84 Å². The van der Waals surface area contributed by atoms with Gasteiger partial charge in [-0.3, -0.25) is 14.6 Å². The second-order valence-corrected chi connectivity index (χ2v) is 7.38. The number of hydrogen-bond donors (Lipinski definition) is 0. The van der Waals surface area contributed by atoms with Gasteiger partial charge in [-0.1, -0.05) is 6.07 Å². The third-order valence-corrected chi connectivity index (χ3v) is 5.82. The Morgan fingerprint density at radius 3 is 2.73 bits per heavy atom. The molecule has 8 heteroatoms. The zero-order valence-electron chi connectivity index (χ0n) is 12.2. The second kappa shape index (κ2) is 4.47. The van der Waals surface area contributed by atoms with E-state index in [0.717, 1.165) is 25.5 Å². The van der Waals surface area contributed by atoms with Crippen LogP contribution in [0.3, 0.4) is 0 Å². The fraction of sp³-hybridized carbons (Fsp3) is 0.286. The normalized spacial score (nSPS) is 20.3. The van der Waals surface area contributed by atoms with E-state index in [1.807, 2.05) is 29.0 Å². The summed E-state index contributed by atoms with van der Waals surface area (Å²) in [4.78, 5) is 34.1.